The Hall–Kier alpha value is -1.30. The fourth-order valence-electron chi connectivity index (χ4n) is 1.74. The zero-order valence-corrected chi connectivity index (χ0v) is 9.30. The molecule has 1 rings (SSSR count). The lowest BCUT2D eigenvalue weighted by molar-refractivity contribution is -0.134. The highest BCUT2D eigenvalue weighted by Crippen LogP contribution is 2.25. The second-order valence-corrected chi connectivity index (χ2v) is 4.02. The van der Waals surface area contributed by atoms with E-state index in [4.69, 9.17) is 16.0 Å². The van der Waals surface area contributed by atoms with Crippen molar-refractivity contribution in [2.45, 2.75) is 38.1 Å². The van der Waals surface area contributed by atoms with Gasteiger partial charge in [0.15, 0.2) is 0 Å². The van der Waals surface area contributed by atoms with E-state index in [1.807, 2.05) is 0 Å². The Morgan fingerprint density at radius 2 is 2.19 bits per heavy atom. The Morgan fingerprint density at radius 3 is 2.62 bits per heavy atom. The maximum absolute atomic E-state index is 11.8. The van der Waals surface area contributed by atoms with Crippen LogP contribution >= 0.6 is 0 Å². The third-order valence-electron chi connectivity index (χ3n) is 2.85. The number of amidine groups is 1. The average molecular weight is 229 g/mol. The summed E-state index contributed by atoms with van der Waals surface area (Å²) >= 11 is 0. The number of nitrogens with zero attached hydrogens (tertiary/aromatic N) is 2. The highest BCUT2D eigenvalue weighted by atomic mass is 16.4. The first kappa shape index (κ1) is 12.8. The quantitative estimate of drug-likeness (QED) is 0.256. The Morgan fingerprint density at radius 1 is 1.50 bits per heavy atom. The van der Waals surface area contributed by atoms with Gasteiger partial charge in [0.25, 0.3) is 0 Å². The Labute approximate surface area is 94.7 Å². The lowest BCUT2D eigenvalue weighted by atomic mass is 9.91. The smallest absolute Gasteiger partial charge is 0.230 e. The van der Waals surface area contributed by atoms with Gasteiger partial charge in [-0.3, -0.25) is 4.79 Å². The molecule has 1 fully saturated rings. The average Bonchev–Trinajstić information content (AvgIpc) is 2.20. The third-order valence-corrected chi connectivity index (χ3v) is 2.85. The van der Waals surface area contributed by atoms with Crippen LogP contribution in [0, 0.1) is 0 Å². The summed E-state index contributed by atoms with van der Waals surface area (Å²) < 4.78 is 0. The summed E-state index contributed by atoms with van der Waals surface area (Å²) in [5, 5.41) is 20.0. The van der Waals surface area contributed by atoms with Crippen molar-refractivity contribution in [3.8, 4) is 0 Å². The van der Waals surface area contributed by atoms with Crippen molar-refractivity contribution < 1.29 is 15.1 Å². The monoisotopic (exact) mass is 229 g/mol. The van der Waals surface area contributed by atoms with E-state index in [2.05, 4.69) is 5.16 Å². The molecule has 1 aliphatic rings. The van der Waals surface area contributed by atoms with Gasteiger partial charge in [-0.1, -0.05) is 5.16 Å². The highest BCUT2D eigenvalue weighted by Gasteiger charge is 2.28. The van der Waals surface area contributed by atoms with Crippen LogP contribution in [-0.4, -0.2) is 46.1 Å². The van der Waals surface area contributed by atoms with E-state index in [0.717, 1.165) is 19.3 Å². The van der Waals surface area contributed by atoms with Gasteiger partial charge in [0.1, 0.15) is 5.84 Å². The number of rotatable bonds is 6. The fraction of sp³-hybridized carbons (Fsp3) is 0.800. The van der Waals surface area contributed by atoms with Gasteiger partial charge in [-0.25, -0.2) is 0 Å². The van der Waals surface area contributed by atoms with Crippen LogP contribution in [0.25, 0.3) is 0 Å². The predicted molar refractivity (Wildman–Crippen MR) is 59.1 cm³/mol. The number of oxime groups is 1. The van der Waals surface area contributed by atoms with E-state index in [1.165, 1.54) is 0 Å². The van der Waals surface area contributed by atoms with E-state index >= 15 is 0 Å². The van der Waals surface area contributed by atoms with Gasteiger partial charge < -0.3 is 20.9 Å². The van der Waals surface area contributed by atoms with Crippen LogP contribution in [0.5, 0.6) is 0 Å². The molecule has 16 heavy (non-hydrogen) atoms. The molecule has 6 heteroatoms. The molecule has 92 valence electrons. The molecule has 0 aromatic carbocycles. The van der Waals surface area contributed by atoms with Crippen molar-refractivity contribution in [1.29, 1.82) is 0 Å². The minimum absolute atomic E-state index is 0.0571. The van der Waals surface area contributed by atoms with Crippen molar-refractivity contribution in [1.82, 2.24) is 4.90 Å². The van der Waals surface area contributed by atoms with Gasteiger partial charge in [-0.05, 0) is 25.7 Å². The van der Waals surface area contributed by atoms with E-state index in [-0.39, 0.29) is 30.8 Å². The van der Waals surface area contributed by atoms with Crippen LogP contribution in [-0.2, 0) is 4.79 Å². The third kappa shape index (κ3) is 3.37. The first-order chi connectivity index (χ1) is 7.69. The summed E-state index contributed by atoms with van der Waals surface area (Å²) in [5.74, 6) is -0.202. The molecule has 0 aromatic heterocycles. The first-order valence-corrected chi connectivity index (χ1v) is 5.55. The standard InChI is InChI=1S/C10H19N3O3/c11-9(12-16)7-10(15)13(5-2-6-14)8-3-1-4-8/h8,14,16H,1-7H2,(H2,11,12). The number of hydrogen-bond acceptors (Lipinski definition) is 4. The fourth-order valence-corrected chi connectivity index (χ4v) is 1.74. The van der Waals surface area contributed by atoms with Crippen molar-refractivity contribution >= 4 is 11.7 Å². The predicted octanol–water partition coefficient (Wildman–Crippen LogP) is -0.114. The molecule has 6 nitrogen and oxygen atoms in total. The molecule has 4 N–H and O–H groups in total. The van der Waals surface area contributed by atoms with Crippen molar-refractivity contribution in [2.75, 3.05) is 13.2 Å². The van der Waals surface area contributed by atoms with Gasteiger partial charge >= 0.3 is 0 Å². The SMILES string of the molecule is NC(CC(=O)N(CCCO)C1CCC1)=NO. The minimum Gasteiger partial charge on any atom is -0.409 e. The maximum Gasteiger partial charge on any atom is 0.230 e. The number of amides is 1. The van der Waals surface area contributed by atoms with Crippen LogP contribution in [0.4, 0.5) is 0 Å². The zero-order valence-electron chi connectivity index (χ0n) is 9.30. The van der Waals surface area contributed by atoms with Crippen LogP contribution in [0.3, 0.4) is 0 Å². The second-order valence-electron chi connectivity index (χ2n) is 4.02. The topological polar surface area (TPSA) is 99.2 Å². The van der Waals surface area contributed by atoms with Crippen LogP contribution in [0.1, 0.15) is 32.1 Å². The van der Waals surface area contributed by atoms with Gasteiger partial charge in [-0.2, -0.15) is 0 Å². The summed E-state index contributed by atoms with van der Waals surface area (Å²) in [6.45, 7) is 0.610. The van der Waals surface area contributed by atoms with Gasteiger partial charge in [-0.15, -0.1) is 0 Å². The molecule has 1 aliphatic carbocycles. The summed E-state index contributed by atoms with van der Waals surface area (Å²) in [5.41, 5.74) is 5.30. The molecule has 1 amide bonds. The van der Waals surface area contributed by atoms with Crippen LogP contribution in [0.15, 0.2) is 5.16 Å². The lowest BCUT2D eigenvalue weighted by Gasteiger charge is -2.37. The molecule has 0 unspecified atom stereocenters. The van der Waals surface area contributed by atoms with Gasteiger partial charge in [0.05, 0.1) is 6.42 Å². The molecule has 0 aliphatic heterocycles. The number of aliphatic hydroxyl groups excluding tert-OH is 1. The number of hydrogen-bond donors (Lipinski definition) is 3. The molecule has 0 spiro atoms. The number of carbonyl (C=O) groups is 1. The number of aliphatic hydroxyl groups is 1. The zero-order chi connectivity index (χ0) is 12.0. The van der Waals surface area contributed by atoms with Crippen molar-refractivity contribution in [2.24, 2.45) is 10.9 Å². The van der Waals surface area contributed by atoms with E-state index < -0.39 is 0 Å². The summed E-state index contributed by atoms with van der Waals surface area (Å²) in [7, 11) is 0. The van der Waals surface area contributed by atoms with E-state index in [0.29, 0.717) is 13.0 Å². The molecule has 0 radical (unpaired) electrons. The molecule has 0 saturated heterocycles. The molecule has 0 aromatic rings. The van der Waals surface area contributed by atoms with Crippen molar-refractivity contribution in [3.05, 3.63) is 0 Å². The summed E-state index contributed by atoms with van der Waals surface area (Å²) in [6.07, 6.45) is 3.66. The molecular weight excluding hydrogens is 210 g/mol. The Balaban J connectivity index is 2.49. The van der Waals surface area contributed by atoms with Gasteiger partial charge in [0.2, 0.25) is 5.91 Å². The Bertz CT molecular complexity index is 264. The van der Waals surface area contributed by atoms with E-state index in [1.54, 1.807) is 4.90 Å². The summed E-state index contributed by atoms with van der Waals surface area (Å²) in [6, 6.07) is 0.269. The van der Waals surface area contributed by atoms with Gasteiger partial charge in [0, 0.05) is 19.2 Å². The minimum atomic E-state index is -0.131. The molecule has 0 heterocycles. The van der Waals surface area contributed by atoms with Crippen molar-refractivity contribution in [3.63, 3.8) is 0 Å². The largest absolute Gasteiger partial charge is 0.409 e. The molecule has 1 saturated carbocycles. The second kappa shape index (κ2) is 6.32. The molecular formula is C10H19N3O3. The van der Waals surface area contributed by atoms with Crippen LogP contribution in [0.2, 0.25) is 0 Å². The first-order valence-electron chi connectivity index (χ1n) is 5.55. The number of carbonyl (C=O) groups excluding carboxylic acids is 1. The maximum atomic E-state index is 11.8. The normalized spacial score (nSPS) is 16.9. The van der Waals surface area contributed by atoms with E-state index in [9.17, 15) is 4.79 Å². The molecule has 0 bridgehead atoms. The van der Waals surface area contributed by atoms with Crippen LogP contribution < -0.4 is 5.73 Å². The molecule has 0 atom stereocenters. The number of nitrogens with two attached hydrogens (primary N) is 1. The Kier molecular flexibility index (Phi) is 5.04. The highest BCUT2D eigenvalue weighted by molar-refractivity contribution is 5.98. The lowest BCUT2D eigenvalue weighted by Crippen LogP contribution is -2.46. The summed E-state index contributed by atoms with van der Waals surface area (Å²) in [4.78, 5) is 13.6.